The van der Waals surface area contributed by atoms with Crippen molar-refractivity contribution >= 4 is 11.9 Å². The molecule has 0 aromatic carbocycles. The van der Waals surface area contributed by atoms with Gasteiger partial charge in [-0.2, -0.15) is 0 Å². The highest BCUT2D eigenvalue weighted by atomic mass is 16.5. The van der Waals surface area contributed by atoms with Crippen molar-refractivity contribution in [2.75, 3.05) is 26.7 Å². The van der Waals surface area contributed by atoms with E-state index in [1.165, 1.54) is 7.11 Å². The molecule has 1 aliphatic heterocycles. The van der Waals surface area contributed by atoms with Gasteiger partial charge in [-0.1, -0.05) is 0 Å². The molecular weight excluding hydrogens is 258 g/mol. The highest BCUT2D eigenvalue weighted by molar-refractivity contribution is 5.86. The van der Waals surface area contributed by atoms with Crippen LogP contribution in [0.4, 0.5) is 0 Å². The fourth-order valence-corrected chi connectivity index (χ4v) is 2.52. The summed E-state index contributed by atoms with van der Waals surface area (Å²) in [6.07, 6.45) is 0. The third-order valence-corrected chi connectivity index (χ3v) is 3.55. The Kier molecular flexibility index (Phi) is 4.82. The lowest BCUT2D eigenvalue weighted by Crippen LogP contribution is -2.65. The van der Waals surface area contributed by atoms with Crippen LogP contribution in [0.3, 0.4) is 0 Å². The molecule has 1 rings (SSSR count). The molecule has 0 saturated carbocycles. The molecule has 20 heavy (non-hydrogen) atoms. The normalized spacial score (nSPS) is 21.8. The zero-order valence-corrected chi connectivity index (χ0v) is 13.4. The van der Waals surface area contributed by atoms with Gasteiger partial charge in [-0.05, 0) is 34.6 Å². The number of nitrogens with zero attached hydrogens (tertiary/aromatic N) is 2. The monoisotopic (exact) mass is 285 g/mol. The van der Waals surface area contributed by atoms with Crippen molar-refractivity contribution in [2.24, 2.45) is 5.73 Å². The van der Waals surface area contributed by atoms with E-state index in [9.17, 15) is 9.59 Å². The standard InChI is InChI=1S/C14H27N3O3/c1-13(2,3)17-8-7-16(12(19)14(4,5)15)9-10(17)11(18)20-6/h10H,7-9,15H2,1-6H3/t10-/m1/s1. The van der Waals surface area contributed by atoms with E-state index < -0.39 is 11.6 Å². The van der Waals surface area contributed by atoms with Gasteiger partial charge in [0.15, 0.2) is 0 Å². The van der Waals surface area contributed by atoms with Crippen molar-refractivity contribution < 1.29 is 14.3 Å². The summed E-state index contributed by atoms with van der Waals surface area (Å²) in [6.45, 7) is 11.0. The number of piperazine rings is 1. The van der Waals surface area contributed by atoms with Crippen LogP contribution in [0.2, 0.25) is 0 Å². The highest BCUT2D eigenvalue weighted by Crippen LogP contribution is 2.23. The maximum Gasteiger partial charge on any atom is 0.324 e. The molecule has 1 atom stereocenters. The maximum atomic E-state index is 12.3. The molecule has 1 fully saturated rings. The SMILES string of the molecule is COC(=O)[C@H]1CN(C(=O)C(C)(C)N)CCN1C(C)(C)C. The number of carbonyl (C=O) groups is 2. The van der Waals surface area contributed by atoms with E-state index in [2.05, 4.69) is 4.90 Å². The molecular formula is C14H27N3O3. The molecule has 0 bridgehead atoms. The van der Waals surface area contributed by atoms with Crippen LogP contribution in [0.1, 0.15) is 34.6 Å². The topological polar surface area (TPSA) is 75.9 Å². The summed E-state index contributed by atoms with van der Waals surface area (Å²) in [5.74, 6) is -0.452. The summed E-state index contributed by atoms with van der Waals surface area (Å²) in [6, 6.07) is -0.444. The minimum atomic E-state index is -0.926. The summed E-state index contributed by atoms with van der Waals surface area (Å²) in [7, 11) is 1.37. The number of ether oxygens (including phenoxy) is 1. The van der Waals surface area contributed by atoms with Crippen LogP contribution < -0.4 is 5.73 Å². The fraction of sp³-hybridized carbons (Fsp3) is 0.857. The Bertz CT molecular complexity index is 382. The molecule has 1 saturated heterocycles. The second kappa shape index (κ2) is 5.69. The predicted molar refractivity (Wildman–Crippen MR) is 77.1 cm³/mol. The molecule has 0 radical (unpaired) electrons. The van der Waals surface area contributed by atoms with Crippen LogP contribution in [-0.2, 0) is 14.3 Å². The lowest BCUT2D eigenvalue weighted by atomic mass is 9.98. The zero-order chi connectivity index (χ0) is 15.7. The van der Waals surface area contributed by atoms with Gasteiger partial charge in [-0.25, -0.2) is 0 Å². The van der Waals surface area contributed by atoms with Gasteiger partial charge in [0.1, 0.15) is 6.04 Å². The summed E-state index contributed by atoms with van der Waals surface area (Å²) >= 11 is 0. The molecule has 2 N–H and O–H groups in total. The Morgan fingerprint density at radius 2 is 1.70 bits per heavy atom. The molecule has 1 aliphatic rings. The third kappa shape index (κ3) is 3.70. The molecule has 6 nitrogen and oxygen atoms in total. The minimum absolute atomic E-state index is 0.139. The van der Waals surface area contributed by atoms with Gasteiger partial charge < -0.3 is 15.4 Å². The highest BCUT2D eigenvalue weighted by Gasteiger charge is 2.41. The van der Waals surface area contributed by atoms with Crippen molar-refractivity contribution in [3.8, 4) is 0 Å². The van der Waals surface area contributed by atoms with E-state index >= 15 is 0 Å². The van der Waals surface area contributed by atoms with Crippen molar-refractivity contribution in [1.29, 1.82) is 0 Å². The van der Waals surface area contributed by atoms with E-state index in [0.717, 1.165) is 0 Å². The van der Waals surface area contributed by atoms with Crippen molar-refractivity contribution in [3.05, 3.63) is 0 Å². The molecule has 0 unspecified atom stereocenters. The number of rotatable bonds is 2. The number of nitrogens with two attached hydrogens (primary N) is 1. The number of methoxy groups -OCH3 is 1. The fourth-order valence-electron chi connectivity index (χ4n) is 2.52. The molecule has 0 aliphatic carbocycles. The van der Waals surface area contributed by atoms with Gasteiger partial charge in [0, 0.05) is 25.2 Å². The van der Waals surface area contributed by atoms with E-state index in [1.54, 1.807) is 18.7 Å². The van der Waals surface area contributed by atoms with E-state index in [-0.39, 0.29) is 17.4 Å². The molecule has 116 valence electrons. The van der Waals surface area contributed by atoms with Crippen LogP contribution >= 0.6 is 0 Å². The maximum absolute atomic E-state index is 12.3. The van der Waals surface area contributed by atoms with Crippen LogP contribution in [0.5, 0.6) is 0 Å². The number of carbonyl (C=O) groups excluding carboxylic acids is 2. The first-order valence-electron chi connectivity index (χ1n) is 6.91. The Balaban J connectivity index is 2.93. The quantitative estimate of drug-likeness (QED) is 0.734. The van der Waals surface area contributed by atoms with E-state index in [4.69, 9.17) is 10.5 Å². The van der Waals surface area contributed by atoms with Crippen molar-refractivity contribution in [3.63, 3.8) is 0 Å². The Hall–Kier alpha value is -1.14. The van der Waals surface area contributed by atoms with Gasteiger partial charge in [0.2, 0.25) is 5.91 Å². The van der Waals surface area contributed by atoms with E-state index in [1.807, 2.05) is 20.8 Å². The predicted octanol–water partition coefficient (Wildman–Crippen LogP) is 0.208. The van der Waals surface area contributed by atoms with Crippen LogP contribution in [-0.4, -0.2) is 65.5 Å². The summed E-state index contributed by atoms with van der Waals surface area (Å²) in [5, 5.41) is 0. The number of esters is 1. The first-order valence-corrected chi connectivity index (χ1v) is 6.91. The summed E-state index contributed by atoms with van der Waals surface area (Å²) < 4.78 is 4.88. The molecule has 6 heteroatoms. The third-order valence-electron chi connectivity index (χ3n) is 3.55. The lowest BCUT2D eigenvalue weighted by molar-refractivity contribution is -0.156. The smallest absolute Gasteiger partial charge is 0.324 e. The first kappa shape index (κ1) is 16.9. The van der Waals surface area contributed by atoms with Gasteiger partial charge >= 0.3 is 5.97 Å². The molecule has 0 spiro atoms. The lowest BCUT2D eigenvalue weighted by Gasteiger charge is -2.47. The number of hydrogen-bond acceptors (Lipinski definition) is 5. The van der Waals surface area contributed by atoms with Crippen molar-refractivity contribution in [2.45, 2.75) is 51.7 Å². The zero-order valence-electron chi connectivity index (χ0n) is 13.4. The van der Waals surface area contributed by atoms with Crippen LogP contribution in [0.15, 0.2) is 0 Å². The summed E-state index contributed by atoms with van der Waals surface area (Å²) in [4.78, 5) is 28.0. The van der Waals surface area contributed by atoms with Crippen LogP contribution in [0.25, 0.3) is 0 Å². The molecule has 0 aromatic rings. The van der Waals surface area contributed by atoms with Crippen molar-refractivity contribution in [1.82, 2.24) is 9.80 Å². The van der Waals surface area contributed by atoms with Gasteiger partial charge in [-0.15, -0.1) is 0 Å². The largest absolute Gasteiger partial charge is 0.468 e. The summed E-state index contributed by atoms with van der Waals surface area (Å²) in [5.41, 5.74) is 4.78. The van der Waals surface area contributed by atoms with Gasteiger partial charge in [-0.3, -0.25) is 14.5 Å². The number of amides is 1. The second-order valence-corrected chi connectivity index (χ2v) is 6.88. The Morgan fingerprint density at radius 1 is 1.15 bits per heavy atom. The molecule has 1 heterocycles. The average molecular weight is 285 g/mol. The average Bonchev–Trinajstić information content (AvgIpc) is 2.34. The Labute approximate surface area is 121 Å². The number of hydrogen-bond donors (Lipinski definition) is 1. The van der Waals surface area contributed by atoms with E-state index in [0.29, 0.717) is 19.6 Å². The minimum Gasteiger partial charge on any atom is -0.468 e. The van der Waals surface area contributed by atoms with Gasteiger partial charge in [0.25, 0.3) is 0 Å². The van der Waals surface area contributed by atoms with Crippen LogP contribution in [0, 0.1) is 0 Å². The Morgan fingerprint density at radius 3 is 2.10 bits per heavy atom. The second-order valence-electron chi connectivity index (χ2n) is 6.88. The molecule has 0 aromatic heterocycles. The first-order chi connectivity index (χ1) is 8.98. The van der Waals surface area contributed by atoms with Gasteiger partial charge in [0.05, 0.1) is 12.6 Å². The molecule has 1 amide bonds.